The van der Waals surface area contributed by atoms with Gasteiger partial charge >= 0.3 is 6.18 Å². The van der Waals surface area contributed by atoms with E-state index in [2.05, 4.69) is 5.32 Å². The molecule has 0 unspecified atom stereocenters. The van der Waals surface area contributed by atoms with E-state index in [-0.39, 0.29) is 21.8 Å². The van der Waals surface area contributed by atoms with Crippen LogP contribution in [-0.2, 0) is 6.18 Å². The molecule has 138 valence electrons. The van der Waals surface area contributed by atoms with Gasteiger partial charge in [0.1, 0.15) is 5.69 Å². The Kier molecular flexibility index (Phi) is 5.82. The van der Waals surface area contributed by atoms with Crippen LogP contribution in [0.5, 0.6) is 0 Å². The average molecular weight is 522 g/mol. The van der Waals surface area contributed by atoms with E-state index in [4.69, 9.17) is 23.2 Å². The van der Waals surface area contributed by atoms with E-state index in [0.717, 1.165) is 0 Å². The number of nitrogens with zero attached hydrogens (tertiary/aromatic N) is 2. The molecule has 0 saturated carbocycles. The predicted molar refractivity (Wildman–Crippen MR) is 97.2 cm³/mol. The third kappa shape index (κ3) is 4.27. The van der Waals surface area contributed by atoms with Gasteiger partial charge in [-0.1, -0.05) is 23.2 Å². The molecule has 0 heterocycles. The third-order valence-electron chi connectivity index (χ3n) is 3.07. The molecule has 0 aliphatic heterocycles. The lowest BCUT2D eigenvalue weighted by Gasteiger charge is -2.15. The van der Waals surface area contributed by atoms with E-state index >= 15 is 0 Å². The Bertz CT molecular complexity index is 901. The zero-order valence-corrected chi connectivity index (χ0v) is 15.8. The molecule has 2 aromatic carbocycles. The smallest absolute Gasteiger partial charge is 0.349 e. The molecule has 0 spiro atoms. The number of nitro groups is 2. The number of halogens is 6. The Morgan fingerprint density at radius 1 is 1.00 bits per heavy atom. The first kappa shape index (κ1) is 20.5. The zero-order valence-electron chi connectivity index (χ0n) is 12.1. The van der Waals surface area contributed by atoms with Crippen molar-refractivity contribution in [1.82, 2.24) is 0 Å². The van der Waals surface area contributed by atoms with E-state index in [1.165, 1.54) is 12.1 Å². The lowest BCUT2D eigenvalue weighted by Crippen LogP contribution is -2.12. The Balaban J connectivity index is 2.73. The van der Waals surface area contributed by atoms with E-state index in [1.54, 1.807) is 0 Å². The van der Waals surface area contributed by atoms with Crippen LogP contribution in [0.25, 0.3) is 0 Å². The molecule has 0 aliphatic carbocycles. The SMILES string of the molecule is O=[N+]([O-])c1cc([N+](=O)[O-])c(Nc2cc(Cl)c(I)c(Cl)c2)c(C(F)(F)F)c1. The lowest BCUT2D eigenvalue weighted by atomic mass is 10.1. The Morgan fingerprint density at radius 2 is 1.54 bits per heavy atom. The molecule has 13 heteroatoms. The van der Waals surface area contributed by atoms with Crippen LogP contribution in [0.1, 0.15) is 5.56 Å². The first-order chi connectivity index (χ1) is 11.9. The van der Waals surface area contributed by atoms with Crippen molar-refractivity contribution in [3.05, 3.63) is 63.7 Å². The standard InChI is InChI=1S/C13H5Cl2F3IN3O4/c14-8-1-5(2-9(15)11(8)19)20-12-7(13(16,17)18)3-6(21(23)24)4-10(12)22(25)26/h1-4,20H. The van der Waals surface area contributed by atoms with Crippen molar-refractivity contribution >= 4 is 68.5 Å². The molecule has 0 aromatic heterocycles. The summed E-state index contributed by atoms with van der Waals surface area (Å²) in [7, 11) is 0. The molecule has 0 fully saturated rings. The fourth-order valence-corrected chi connectivity index (χ4v) is 2.79. The fourth-order valence-electron chi connectivity index (χ4n) is 1.99. The molecule has 0 saturated heterocycles. The predicted octanol–water partition coefficient (Wildman–Crippen LogP) is 6.18. The fraction of sp³-hybridized carbons (Fsp3) is 0.0769. The number of alkyl halides is 3. The van der Waals surface area contributed by atoms with E-state index < -0.39 is 38.6 Å². The van der Waals surface area contributed by atoms with Gasteiger partial charge in [-0.05, 0) is 34.7 Å². The van der Waals surface area contributed by atoms with Gasteiger partial charge in [-0.2, -0.15) is 13.2 Å². The second kappa shape index (κ2) is 7.40. The van der Waals surface area contributed by atoms with Crippen molar-refractivity contribution < 1.29 is 23.0 Å². The quantitative estimate of drug-likeness (QED) is 0.224. The van der Waals surface area contributed by atoms with Crippen LogP contribution in [0.3, 0.4) is 0 Å². The molecule has 2 rings (SSSR count). The number of non-ortho nitro benzene ring substituents is 1. The first-order valence-corrected chi connectivity index (χ1v) is 8.21. The summed E-state index contributed by atoms with van der Waals surface area (Å²) >= 11 is 13.6. The van der Waals surface area contributed by atoms with E-state index in [0.29, 0.717) is 9.64 Å². The minimum Gasteiger partial charge on any atom is -0.349 e. The Morgan fingerprint density at radius 3 is 1.96 bits per heavy atom. The maximum absolute atomic E-state index is 13.3. The summed E-state index contributed by atoms with van der Waals surface area (Å²) in [5.74, 6) is 0. The molecular formula is C13H5Cl2F3IN3O4. The number of hydrogen-bond donors (Lipinski definition) is 1. The number of anilines is 2. The molecule has 0 atom stereocenters. The molecule has 1 N–H and O–H groups in total. The maximum atomic E-state index is 13.3. The maximum Gasteiger partial charge on any atom is 0.418 e. The highest BCUT2D eigenvalue weighted by molar-refractivity contribution is 14.1. The van der Waals surface area contributed by atoms with Gasteiger partial charge in [0.25, 0.3) is 11.4 Å². The van der Waals surface area contributed by atoms with Gasteiger partial charge in [0.05, 0.1) is 35.1 Å². The normalized spacial score (nSPS) is 11.3. The second-order valence-corrected chi connectivity index (χ2v) is 6.67. The van der Waals surface area contributed by atoms with Gasteiger partial charge in [-0.3, -0.25) is 20.2 Å². The number of benzene rings is 2. The third-order valence-corrected chi connectivity index (χ3v) is 5.46. The number of hydrogen-bond acceptors (Lipinski definition) is 5. The van der Waals surface area contributed by atoms with Crippen LogP contribution in [0.4, 0.5) is 35.9 Å². The second-order valence-electron chi connectivity index (χ2n) is 4.78. The molecule has 2 aromatic rings. The average Bonchev–Trinajstić information content (AvgIpc) is 2.51. The summed E-state index contributed by atoms with van der Waals surface area (Å²) in [6.45, 7) is 0. The Hall–Kier alpha value is -1.86. The van der Waals surface area contributed by atoms with Crippen LogP contribution in [-0.4, -0.2) is 9.85 Å². The topological polar surface area (TPSA) is 98.3 Å². The molecule has 0 radical (unpaired) electrons. The van der Waals surface area contributed by atoms with Gasteiger partial charge in [0.15, 0.2) is 0 Å². The summed E-state index contributed by atoms with van der Waals surface area (Å²) < 4.78 is 40.4. The molecule has 7 nitrogen and oxygen atoms in total. The van der Waals surface area contributed by atoms with Crippen molar-refractivity contribution in [2.45, 2.75) is 6.18 Å². The van der Waals surface area contributed by atoms with Crippen LogP contribution in [0.2, 0.25) is 10.0 Å². The van der Waals surface area contributed by atoms with Crippen molar-refractivity contribution in [1.29, 1.82) is 0 Å². The zero-order chi connectivity index (χ0) is 19.8. The van der Waals surface area contributed by atoms with Crippen LogP contribution < -0.4 is 5.32 Å². The largest absolute Gasteiger partial charge is 0.418 e. The van der Waals surface area contributed by atoms with Gasteiger partial charge < -0.3 is 5.32 Å². The first-order valence-electron chi connectivity index (χ1n) is 6.37. The highest BCUT2D eigenvalue weighted by atomic mass is 127. The van der Waals surface area contributed by atoms with Crippen LogP contribution >= 0.6 is 45.8 Å². The van der Waals surface area contributed by atoms with Gasteiger partial charge in [-0.15, -0.1) is 0 Å². The molecule has 26 heavy (non-hydrogen) atoms. The van der Waals surface area contributed by atoms with Crippen LogP contribution in [0.15, 0.2) is 24.3 Å². The monoisotopic (exact) mass is 521 g/mol. The number of nitro benzene ring substituents is 2. The minimum absolute atomic E-state index is 0.0529. The van der Waals surface area contributed by atoms with E-state index in [9.17, 15) is 33.4 Å². The molecule has 0 aliphatic rings. The van der Waals surface area contributed by atoms with Gasteiger partial charge in [-0.25, -0.2) is 0 Å². The minimum atomic E-state index is -5.09. The summed E-state index contributed by atoms with van der Waals surface area (Å²) in [5, 5.41) is 24.5. The number of nitrogens with one attached hydrogen (secondary N) is 1. The molecular weight excluding hydrogens is 517 g/mol. The highest BCUT2D eigenvalue weighted by Crippen LogP contribution is 2.44. The van der Waals surface area contributed by atoms with Gasteiger partial charge in [0.2, 0.25) is 0 Å². The van der Waals surface area contributed by atoms with Crippen molar-refractivity contribution in [2.75, 3.05) is 5.32 Å². The molecule has 0 bridgehead atoms. The summed E-state index contributed by atoms with van der Waals surface area (Å²) in [5.41, 5.74) is -4.75. The number of rotatable bonds is 4. The molecule has 0 amide bonds. The van der Waals surface area contributed by atoms with Gasteiger partial charge in [0, 0.05) is 11.8 Å². The summed E-state index contributed by atoms with van der Waals surface area (Å²) in [4.78, 5) is 19.7. The highest BCUT2D eigenvalue weighted by Gasteiger charge is 2.39. The van der Waals surface area contributed by atoms with Crippen molar-refractivity contribution in [2.24, 2.45) is 0 Å². The van der Waals surface area contributed by atoms with Crippen molar-refractivity contribution in [3.8, 4) is 0 Å². The van der Waals surface area contributed by atoms with Crippen LogP contribution in [0, 0.1) is 23.8 Å². The summed E-state index contributed by atoms with van der Waals surface area (Å²) in [6.07, 6.45) is -5.09. The Labute approximate surface area is 166 Å². The lowest BCUT2D eigenvalue weighted by molar-refractivity contribution is -0.394. The summed E-state index contributed by atoms with van der Waals surface area (Å²) in [6, 6.07) is 3.10. The van der Waals surface area contributed by atoms with E-state index in [1.807, 2.05) is 22.6 Å². The van der Waals surface area contributed by atoms with Crippen molar-refractivity contribution in [3.63, 3.8) is 0 Å².